The van der Waals surface area contributed by atoms with Crippen LogP contribution in [0.1, 0.15) is 37.2 Å². The number of benzene rings is 2. The first-order valence-electron chi connectivity index (χ1n) is 8.35. The number of methoxy groups -OCH3 is 2. The van der Waals surface area contributed by atoms with Crippen molar-refractivity contribution in [2.24, 2.45) is 11.8 Å². The number of hydrogen-bond donors (Lipinski definition) is 2. The summed E-state index contributed by atoms with van der Waals surface area (Å²) in [6.45, 7) is 4.32. The lowest BCUT2D eigenvalue weighted by molar-refractivity contribution is 0.0288. The Kier molecular flexibility index (Phi) is 4.77. The molecule has 0 amide bonds. The summed E-state index contributed by atoms with van der Waals surface area (Å²) in [6.07, 6.45) is -0.205. The van der Waals surface area contributed by atoms with Gasteiger partial charge in [0, 0.05) is 0 Å². The van der Waals surface area contributed by atoms with E-state index in [1.807, 2.05) is 24.3 Å². The number of rotatable bonds is 4. The summed E-state index contributed by atoms with van der Waals surface area (Å²) < 4.78 is 16.8. The molecule has 0 aromatic heterocycles. The molecule has 1 aliphatic heterocycles. The van der Waals surface area contributed by atoms with E-state index >= 15 is 0 Å². The van der Waals surface area contributed by atoms with E-state index in [-0.39, 0.29) is 35.5 Å². The minimum atomic E-state index is -0.103. The van der Waals surface area contributed by atoms with E-state index in [4.69, 9.17) is 14.2 Å². The van der Waals surface area contributed by atoms with Gasteiger partial charge in [-0.3, -0.25) is 0 Å². The third-order valence-electron chi connectivity index (χ3n) is 5.14. The molecule has 2 aromatic rings. The molecule has 0 unspecified atom stereocenters. The average molecular weight is 344 g/mol. The molecule has 1 saturated heterocycles. The van der Waals surface area contributed by atoms with Crippen LogP contribution in [0.4, 0.5) is 0 Å². The molecule has 5 nitrogen and oxygen atoms in total. The summed E-state index contributed by atoms with van der Waals surface area (Å²) in [5.74, 6) is 1.67. The van der Waals surface area contributed by atoms with Gasteiger partial charge in [-0.2, -0.15) is 0 Å². The Hall–Kier alpha value is -2.40. The third-order valence-corrected chi connectivity index (χ3v) is 5.14. The van der Waals surface area contributed by atoms with Crippen molar-refractivity contribution in [1.29, 1.82) is 0 Å². The Labute approximate surface area is 147 Å². The van der Waals surface area contributed by atoms with E-state index in [0.29, 0.717) is 11.5 Å². The molecule has 0 bridgehead atoms. The predicted octanol–water partition coefficient (Wildman–Crippen LogP) is 4.20. The lowest BCUT2D eigenvalue weighted by Gasteiger charge is -2.18. The number of aromatic hydroxyl groups is 2. The standard InChI is InChI=1S/C20H24O5/c1-11-12(2)20(14-6-8-16(22)18(10-14)24-4)25-19(11)13-5-7-15(21)17(9-13)23-3/h5-12,19-22H,1-4H3/t11-,12+,19-,20-/m1/s1. The summed E-state index contributed by atoms with van der Waals surface area (Å²) in [5.41, 5.74) is 1.95. The van der Waals surface area contributed by atoms with Crippen LogP contribution in [-0.2, 0) is 4.74 Å². The molecule has 1 aliphatic rings. The summed E-state index contributed by atoms with van der Waals surface area (Å²) in [6, 6.07) is 10.6. The summed E-state index contributed by atoms with van der Waals surface area (Å²) >= 11 is 0. The molecule has 0 spiro atoms. The smallest absolute Gasteiger partial charge is 0.160 e. The number of phenolic OH excluding ortho intramolecular Hbond substituents is 2. The Balaban J connectivity index is 1.91. The Morgan fingerprint density at radius 1 is 0.760 bits per heavy atom. The van der Waals surface area contributed by atoms with Gasteiger partial charge >= 0.3 is 0 Å². The highest BCUT2D eigenvalue weighted by atomic mass is 16.5. The van der Waals surface area contributed by atoms with Crippen molar-refractivity contribution < 1.29 is 24.4 Å². The Bertz CT molecular complexity index is 694. The van der Waals surface area contributed by atoms with Gasteiger partial charge < -0.3 is 24.4 Å². The largest absolute Gasteiger partial charge is 0.504 e. The molecule has 134 valence electrons. The van der Waals surface area contributed by atoms with Crippen LogP contribution < -0.4 is 9.47 Å². The first kappa shape index (κ1) is 17.4. The van der Waals surface area contributed by atoms with Crippen LogP contribution in [0.25, 0.3) is 0 Å². The van der Waals surface area contributed by atoms with Gasteiger partial charge in [0.2, 0.25) is 0 Å². The highest BCUT2D eigenvalue weighted by molar-refractivity contribution is 5.44. The topological polar surface area (TPSA) is 68.2 Å². The fourth-order valence-electron chi connectivity index (χ4n) is 3.46. The third kappa shape index (κ3) is 3.12. The minimum Gasteiger partial charge on any atom is -0.504 e. The van der Waals surface area contributed by atoms with Crippen LogP contribution in [0.3, 0.4) is 0 Å². The predicted molar refractivity (Wildman–Crippen MR) is 94.2 cm³/mol. The molecule has 2 N–H and O–H groups in total. The van der Waals surface area contributed by atoms with Gasteiger partial charge in [0.1, 0.15) is 0 Å². The normalized spacial score (nSPS) is 25.8. The van der Waals surface area contributed by atoms with E-state index in [0.717, 1.165) is 11.1 Å². The first-order valence-corrected chi connectivity index (χ1v) is 8.35. The van der Waals surface area contributed by atoms with Gasteiger partial charge in [-0.15, -0.1) is 0 Å². The number of hydrogen-bond acceptors (Lipinski definition) is 5. The molecule has 0 saturated carbocycles. The lowest BCUT2D eigenvalue weighted by Crippen LogP contribution is -2.10. The van der Waals surface area contributed by atoms with Gasteiger partial charge in [-0.1, -0.05) is 26.0 Å². The Morgan fingerprint density at radius 3 is 1.52 bits per heavy atom. The van der Waals surface area contributed by atoms with Crippen LogP contribution in [0.2, 0.25) is 0 Å². The molecule has 5 heteroatoms. The monoisotopic (exact) mass is 344 g/mol. The van der Waals surface area contributed by atoms with Gasteiger partial charge in [0.15, 0.2) is 23.0 Å². The number of phenols is 2. The van der Waals surface area contributed by atoms with Crippen molar-refractivity contribution in [3.8, 4) is 23.0 Å². The van der Waals surface area contributed by atoms with Crippen LogP contribution in [0.5, 0.6) is 23.0 Å². The van der Waals surface area contributed by atoms with Crippen molar-refractivity contribution in [2.45, 2.75) is 26.1 Å². The molecular weight excluding hydrogens is 320 g/mol. The second-order valence-corrected chi connectivity index (χ2v) is 6.56. The maximum absolute atomic E-state index is 9.81. The van der Waals surface area contributed by atoms with Crippen molar-refractivity contribution in [3.05, 3.63) is 47.5 Å². The van der Waals surface area contributed by atoms with E-state index in [1.165, 1.54) is 14.2 Å². The molecule has 1 fully saturated rings. The molecule has 0 radical (unpaired) electrons. The molecule has 0 aliphatic carbocycles. The van der Waals surface area contributed by atoms with Crippen molar-refractivity contribution in [3.63, 3.8) is 0 Å². The van der Waals surface area contributed by atoms with Crippen LogP contribution in [0, 0.1) is 11.8 Å². The lowest BCUT2D eigenvalue weighted by atomic mass is 9.85. The van der Waals surface area contributed by atoms with Crippen LogP contribution in [-0.4, -0.2) is 24.4 Å². The fourth-order valence-corrected chi connectivity index (χ4v) is 3.46. The van der Waals surface area contributed by atoms with Crippen molar-refractivity contribution >= 4 is 0 Å². The van der Waals surface area contributed by atoms with E-state index in [9.17, 15) is 10.2 Å². The van der Waals surface area contributed by atoms with Crippen LogP contribution in [0.15, 0.2) is 36.4 Å². The van der Waals surface area contributed by atoms with Crippen LogP contribution >= 0.6 is 0 Å². The summed E-state index contributed by atoms with van der Waals surface area (Å²) in [5, 5.41) is 19.6. The zero-order valence-corrected chi connectivity index (χ0v) is 14.9. The Morgan fingerprint density at radius 2 is 1.16 bits per heavy atom. The van der Waals surface area contributed by atoms with E-state index < -0.39 is 0 Å². The van der Waals surface area contributed by atoms with Crippen molar-refractivity contribution in [1.82, 2.24) is 0 Å². The van der Waals surface area contributed by atoms with Gasteiger partial charge in [0.05, 0.1) is 26.4 Å². The second kappa shape index (κ2) is 6.84. The molecule has 1 heterocycles. The summed E-state index contributed by atoms with van der Waals surface area (Å²) in [4.78, 5) is 0. The molecule has 3 rings (SSSR count). The van der Waals surface area contributed by atoms with Crippen molar-refractivity contribution in [2.75, 3.05) is 14.2 Å². The average Bonchev–Trinajstić information content (AvgIpc) is 2.91. The van der Waals surface area contributed by atoms with E-state index in [1.54, 1.807) is 12.1 Å². The minimum absolute atomic E-state index is 0.103. The SMILES string of the molecule is COc1cc([C@@H]2O[C@@H](c3ccc(O)c(OC)c3)[C@@H](C)[C@H]2C)ccc1O. The summed E-state index contributed by atoms with van der Waals surface area (Å²) in [7, 11) is 3.07. The van der Waals surface area contributed by atoms with Gasteiger partial charge in [-0.05, 0) is 47.2 Å². The molecule has 2 aromatic carbocycles. The first-order chi connectivity index (χ1) is 12.0. The fraction of sp³-hybridized carbons (Fsp3) is 0.400. The maximum Gasteiger partial charge on any atom is 0.160 e. The number of ether oxygens (including phenoxy) is 3. The second-order valence-electron chi connectivity index (χ2n) is 6.56. The molecular formula is C20H24O5. The van der Waals surface area contributed by atoms with E-state index in [2.05, 4.69) is 13.8 Å². The highest BCUT2D eigenvalue weighted by Gasteiger charge is 2.41. The molecule has 25 heavy (non-hydrogen) atoms. The van der Waals surface area contributed by atoms with Gasteiger partial charge in [0.25, 0.3) is 0 Å². The molecule has 4 atom stereocenters. The maximum atomic E-state index is 9.81. The van der Waals surface area contributed by atoms with Gasteiger partial charge in [-0.25, -0.2) is 0 Å². The highest BCUT2D eigenvalue weighted by Crippen LogP contribution is 2.50. The zero-order valence-electron chi connectivity index (χ0n) is 14.9. The zero-order chi connectivity index (χ0) is 18.1. The quantitative estimate of drug-likeness (QED) is 0.870.